The van der Waals surface area contributed by atoms with Crippen LogP contribution in [0.1, 0.15) is 22.3 Å². The summed E-state index contributed by atoms with van der Waals surface area (Å²) < 4.78 is 2.62. The quantitative estimate of drug-likeness (QED) is 0.171. The Labute approximate surface area is 302 Å². The van der Waals surface area contributed by atoms with Crippen molar-refractivity contribution in [2.24, 2.45) is 0 Å². The summed E-state index contributed by atoms with van der Waals surface area (Å²) in [6.07, 6.45) is 0. The Bertz CT molecular complexity index is 2590. The zero-order chi connectivity index (χ0) is 33.8. The minimum Gasteiger partial charge on any atom is -0.311 e. The SMILES string of the molecule is c1ccc(N(c2ccccc2)c2ccc(-c3ccc4c(c3)sc3cc(C5(c6ccccc6)c6ccccc6-c6ccccc65)ccc34)cc2)cc1. The molecule has 2 heteroatoms. The molecule has 0 saturated heterocycles. The smallest absolute Gasteiger partial charge is 0.0714 e. The molecule has 0 fully saturated rings. The van der Waals surface area contributed by atoms with Crippen LogP contribution >= 0.6 is 11.3 Å². The van der Waals surface area contributed by atoms with E-state index in [1.54, 1.807) is 0 Å². The molecule has 0 saturated carbocycles. The summed E-state index contributed by atoms with van der Waals surface area (Å²) in [5, 5.41) is 2.62. The fourth-order valence-electron chi connectivity index (χ4n) is 8.31. The molecular weight excluding hydrogens is 635 g/mol. The third kappa shape index (κ3) is 4.68. The van der Waals surface area contributed by atoms with Crippen molar-refractivity contribution < 1.29 is 0 Å². The monoisotopic (exact) mass is 667 g/mol. The van der Waals surface area contributed by atoms with Crippen LogP contribution in [0.3, 0.4) is 0 Å². The molecule has 8 aromatic carbocycles. The van der Waals surface area contributed by atoms with Gasteiger partial charge in [0.2, 0.25) is 0 Å². The van der Waals surface area contributed by atoms with Crippen LogP contribution in [-0.4, -0.2) is 0 Å². The molecule has 1 nitrogen and oxygen atoms in total. The summed E-state index contributed by atoms with van der Waals surface area (Å²) in [5.41, 5.74) is 13.4. The molecule has 240 valence electrons. The van der Waals surface area contributed by atoms with E-state index in [1.165, 1.54) is 64.7 Å². The highest BCUT2D eigenvalue weighted by Crippen LogP contribution is 2.56. The second kappa shape index (κ2) is 12.0. The molecule has 0 radical (unpaired) electrons. The predicted octanol–water partition coefficient (Wildman–Crippen LogP) is 13.6. The molecular formula is C49H33NS. The van der Waals surface area contributed by atoms with Gasteiger partial charge in [0.05, 0.1) is 5.41 Å². The number of para-hydroxylation sites is 2. The minimum atomic E-state index is -0.390. The first kappa shape index (κ1) is 29.7. The van der Waals surface area contributed by atoms with Crippen molar-refractivity contribution in [1.29, 1.82) is 0 Å². The van der Waals surface area contributed by atoms with Gasteiger partial charge < -0.3 is 4.90 Å². The Balaban J connectivity index is 1.07. The van der Waals surface area contributed by atoms with Gasteiger partial charge in [-0.05, 0) is 93.0 Å². The van der Waals surface area contributed by atoms with E-state index in [0.717, 1.165) is 17.1 Å². The number of benzene rings is 8. The average Bonchev–Trinajstić information content (AvgIpc) is 3.72. The van der Waals surface area contributed by atoms with Crippen molar-refractivity contribution >= 4 is 48.6 Å². The molecule has 0 amide bonds. The van der Waals surface area contributed by atoms with E-state index in [4.69, 9.17) is 0 Å². The normalized spacial score (nSPS) is 12.9. The van der Waals surface area contributed by atoms with E-state index >= 15 is 0 Å². The first-order valence-corrected chi connectivity index (χ1v) is 18.3. The van der Waals surface area contributed by atoms with Crippen LogP contribution < -0.4 is 4.90 Å². The second-order valence-corrected chi connectivity index (χ2v) is 14.4. The molecule has 1 aliphatic carbocycles. The van der Waals surface area contributed by atoms with Crippen molar-refractivity contribution in [1.82, 2.24) is 0 Å². The Morgan fingerprint density at radius 2 is 0.824 bits per heavy atom. The molecule has 0 bridgehead atoms. The van der Waals surface area contributed by atoms with Gasteiger partial charge in [0.25, 0.3) is 0 Å². The highest BCUT2D eigenvalue weighted by molar-refractivity contribution is 7.25. The third-order valence-electron chi connectivity index (χ3n) is 10.6. The molecule has 0 spiro atoms. The van der Waals surface area contributed by atoms with Crippen molar-refractivity contribution in [3.8, 4) is 22.3 Å². The second-order valence-electron chi connectivity index (χ2n) is 13.3. The first-order chi connectivity index (χ1) is 25.3. The summed E-state index contributed by atoms with van der Waals surface area (Å²) in [4.78, 5) is 2.31. The summed E-state index contributed by atoms with van der Waals surface area (Å²) >= 11 is 1.89. The number of thiophene rings is 1. The van der Waals surface area contributed by atoms with Crippen molar-refractivity contribution in [3.05, 3.63) is 222 Å². The van der Waals surface area contributed by atoms with Crippen LogP contribution in [0.25, 0.3) is 42.4 Å². The molecule has 0 N–H and O–H groups in total. The molecule has 10 rings (SSSR count). The zero-order valence-corrected chi connectivity index (χ0v) is 28.7. The lowest BCUT2D eigenvalue weighted by molar-refractivity contribution is 0.770. The van der Waals surface area contributed by atoms with E-state index in [1.807, 2.05) is 11.3 Å². The van der Waals surface area contributed by atoms with Gasteiger partial charge in [-0.2, -0.15) is 0 Å². The lowest BCUT2D eigenvalue weighted by Crippen LogP contribution is -2.28. The van der Waals surface area contributed by atoms with Crippen LogP contribution in [0, 0.1) is 0 Å². The van der Waals surface area contributed by atoms with Crippen LogP contribution in [0.5, 0.6) is 0 Å². The molecule has 0 aliphatic heterocycles. The van der Waals surface area contributed by atoms with E-state index in [0.29, 0.717) is 0 Å². The number of fused-ring (bicyclic) bond motifs is 6. The van der Waals surface area contributed by atoms with Crippen molar-refractivity contribution in [2.75, 3.05) is 4.90 Å². The maximum Gasteiger partial charge on any atom is 0.0714 e. The van der Waals surface area contributed by atoms with Gasteiger partial charge in [-0.25, -0.2) is 0 Å². The predicted molar refractivity (Wildman–Crippen MR) is 217 cm³/mol. The Morgan fingerprint density at radius 3 is 1.43 bits per heavy atom. The molecule has 51 heavy (non-hydrogen) atoms. The standard InChI is InChI=1S/C49H33NS/c1-4-14-36(15-5-1)49(45-22-12-10-20-41(45)42-21-11-13-23-46(42)49)37-27-31-44-43-30-26-35(32-47(43)51-48(44)33-37)34-24-28-40(29-25-34)50(38-16-6-2-7-17-38)39-18-8-3-9-19-39/h1-33H. The molecule has 0 atom stereocenters. The fourth-order valence-corrected chi connectivity index (χ4v) is 9.49. The number of rotatable bonds is 6. The lowest BCUT2D eigenvalue weighted by Gasteiger charge is -2.33. The first-order valence-electron chi connectivity index (χ1n) is 17.5. The number of nitrogens with zero attached hydrogens (tertiary/aromatic N) is 1. The lowest BCUT2D eigenvalue weighted by atomic mass is 9.67. The summed E-state index contributed by atoms with van der Waals surface area (Å²) in [5.74, 6) is 0. The molecule has 1 aliphatic rings. The summed E-state index contributed by atoms with van der Waals surface area (Å²) in [6.45, 7) is 0. The van der Waals surface area contributed by atoms with E-state index in [9.17, 15) is 0 Å². The Morgan fingerprint density at radius 1 is 0.353 bits per heavy atom. The Kier molecular flexibility index (Phi) is 6.97. The van der Waals surface area contributed by atoms with Gasteiger partial charge in [-0.15, -0.1) is 11.3 Å². The van der Waals surface area contributed by atoms with Crippen molar-refractivity contribution in [2.45, 2.75) is 5.41 Å². The van der Waals surface area contributed by atoms with E-state index in [-0.39, 0.29) is 5.41 Å². The van der Waals surface area contributed by atoms with Crippen LogP contribution in [0.2, 0.25) is 0 Å². The van der Waals surface area contributed by atoms with Gasteiger partial charge in [0, 0.05) is 37.2 Å². The van der Waals surface area contributed by atoms with Gasteiger partial charge >= 0.3 is 0 Å². The van der Waals surface area contributed by atoms with Gasteiger partial charge in [0.1, 0.15) is 0 Å². The van der Waals surface area contributed by atoms with Crippen LogP contribution in [0.4, 0.5) is 17.1 Å². The zero-order valence-electron chi connectivity index (χ0n) is 27.9. The van der Waals surface area contributed by atoms with Crippen LogP contribution in [-0.2, 0) is 5.41 Å². The molecule has 1 heterocycles. The Hall–Kier alpha value is -6.22. The molecule has 0 unspecified atom stereocenters. The summed E-state index contributed by atoms with van der Waals surface area (Å²) in [7, 11) is 0. The number of anilines is 3. The van der Waals surface area contributed by atoms with E-state index < -0.39 is 0 Å². The minimum absolute atomic E-state index is 0.390. The van der Waals surface area contributed by atoms with Gasteiger partial charge in [-0.3, -0.25) is 0 Å². The highest BCUT2D eigenvalue weighted by Gasteiger charge is 2.45. The largest absolute Gasteiger partial charge is 0.311 e. The number of hydrogen-bond donors (Lipinski definition) is 0. The average molecular weight is 668 g/mol. The maximum atomic E-state index is 2.46. The molecule has 1 aromatic heterocycles. The van der Waals surface area contributed by atoms with Gasteiger partial charge in [0.15, 0.2) is 0 Å². The third-order valence-corrected chi connectivity index (χ3v) is 11.7. The topological polar surface area (TPSA) is 3.24 Å². The molecule has 9 aromatic rings. The maximum absolute atomic E-state index is 2.46. The number of hydrogen-bond acceptors (Lipinski definition) is 2. The highest BCUT2D eigenvalue weighted by atomic mass is 32.1. The summed E-state index contributed by atoms with van der Waals surface area (Å²) in [6, 6.07) is 73.2. The fraction of sp³-hybridized carbons (Fsp3) is 0.0204. The van der Waals surface area contributed by atoms with E-state index in [2.05, 4.69) is 205 Å². The van der Waals surface area contributed by atoms with Crippen molar-refractivity contribution in [3.63, 3.8) is 0 Å². The van der Waals surface area contributed by atoms with Gasteiger partial charge in [-0.1, -0.05) is 152 Å². The van der Waals surface area contributed by atoms with Crippen LogP contribution in [0.15, 0.2) is 200 Å².